The Hall–Kier alpha value is -2.69. The minimum atomic E-state index is -0.0957. The van der Waals surface area contributed by atoms with Crippen molar-refractivity contribution < 1.29 is 4.74 Å². The molecule has 10 heteroatoms. The zero-order valence-corrected chi connectivity index (χ0v) is 20.3. The second-order valence-electron chi connectivity index (χ2n) is 8.08. The van der Waals surface area contributed by atoms with Gasteiger partial charge in [-0.3, -0.25) is 14.3 Å². The van der Waals surface area contributed by atoms with Gasteiger partial charge in [-0.2, -0.15) is 0 Å². The number of methoxy groups -OCH3 is 1. The fourth-order valence-electron chi connectivity index (χ4n) is 4.21. The summed E-state index contributed by atoms with van der Waals surface area (Å²) in [6.45, 7) is 4.35. The molecule has 0 unspecified atom stereocenters. The van der Waals surface area contributed by atoms with Crippen molar-refractivity contribution in [2.24, 2.45) is 0 Å². The van der Waals surface area contributed by atoms with Crippen LogP contribution in [-0.2, 0) is 5.75 Å². The third-order valence-corrected chi connectivity index (χ3v) is 7.85. The van der Waals surface area contributed by atoms with Gasteiger partial charge in [-0.25, -0.2) is 4.98 Å². The highest BCUT2D eigenvalue weighted by Crippen LogP contribution is 2.31. The second kappa shape index (κ2) is 9.66. The molecule has 172 valence electrons. The van der Waals surface area contributed by atoms with Crippen molar-refractivity contribution in [3.63, 3.8) is 0 Å². The van der Waals surface area contributed by atoms with Gasteiger partial charge in [0, 0.05) is 5.69 Å². The first kappa shape index (κ1) is 22.1. The molecule has 1 atom stereocenters. The first-order valence-corrected chi connectivity index (χ1v) is 12.9. The molecule has 1 aromatic carbocycles. The standard InChI is InChI=1S/C23H26N6O2S2/c1-15(28-11-4-3-5-12-28)21-26-27-23(29(21)16-6-8-17(31-2)9-7-16)33-14-19-24-18-10-13-32-20(18)22(30)25-19/h6-10,13,15H,3-5,11-12,14H2,1-2H3,(H,24,25,30)/t15-/m1/s1. The van der Waals surface area contributed by atoms with Crippen molar-refractivity contribution >= 4 is 33.3 Å². The van der Waals surface area contributed by atoms with E-state index in [9.17, 15) is 4.79 Å². The van der Waals surface area contributed by atoms with E-state index in [4.69, 9.17) is 4.74 Å². The zero-order chi connectivity index (χ0) is 22.8. The highest BCUT2D eigenvalue weighted by Gasteiger charge is 2.25. The van der Waals surface area contributed by atoms with Gasteiger partial charge in [0.25, 0.3) is 5.56 Å². The van der Waals surface area contributed by atoms with Crippen molar-refractivity contribution in [2.75, 3.05) is 20.2 Å². The lowest BCUT2D eigenvalue weighted by molar-refractivity contribution is 0.167. The van der Waals surface area contributed by atoms with Crippen LogP contribution in [0.5, 0.6) is 5.75 Å². The molecule has 0 aliphatic carbocycles. The number of benzene rings is 1. The average Bonchev–Trinajstić information content (AvgIpc) is 3.50. The highest BCUT2D eigenvalue weighted by molar-refractivity contribution is 7.98. The second-order valence-corrected chi connectivity index (χ2v) is 9.94. The molecule has 1 N–H and O–H groups in total. The lowest BCUT2D eigenvalue weighted by Gasteiger charge is -2.31. The van der Waals surface area contributed by atoms with Crippen LogP contribution in [0.4, 0.5) is 0 Å². The molecule has 0 amide bonds. The summed E-state index contributed by atoms with van der Waals surface area (Å²) < 4.78 is 8.11. The minimum Gasteiger partial charge on any atom is -0.497 e. The molecule has 3 aromatic heterocycles. The summed E-state index contributed by atoms with van der Waals surface area (Å²) in [7, 11) is 1.66. The molecule has 0 radical (unpaired) electrons. The number of nitrogens with one attached hydrogen (secondary N) is 1. The third-order valence-electron chi connectivity index (χ3n) is 6.00. The Labute approximate surface area is 200 Å². The van der Waals surface area contributed by atoms with Crippen LogP contribution in [0.3, 0.4) is 0 Å². The van der Waals surface area contributed by atoms with E-state index in [1.54, 1.807) is 7.11 Å². The Morgan fingerprint density at radius 3 is 2.70 bits per heavy atom. The van der Waals surface area contributed by atoms with Gasteiger partial charge < -0.3 is 9.72 Å². The van der Waals surface area contributed by atoms with E-state index in [1.165, 1.54) is 42.4 Å². The van der Waals surface area contributed by atoms with E-state index in [-0.39, 0.29) is 11.6 Å². The zero-order valence-electron chi connectivity index (χ0n) is 18.7. The molecule has 1 aliphatic rings. The number of hydrogen-bond acceptors (Lipinski definition) is 8. The Balaban J connectivity index is 1.47. The van der Waals surface area contributed by atoms with Crippen LogP contribution < -0.4 is 10.3 Å². The molecule has 4 aromatic rings. The SMILES string of the molecule is COc1ccc(-n2c(SCc3nc4ccsc4c(=O)[nH]3)nnc2[C@@H](C)N2CCCCC2)cc1. The maximum absolute atomic E-state index is 12.3. The number of H-pyrrole nitrogens is 1. The van der Waals surface area contributed by atoms with Gasteiger partial charge in [-0.15, -0.1) is 21.5 Å². The summed E-state index contributed by atoms with van der Waals surface area (Å²) in [6.07, 6.45) is 3.72. The fourth-order valence-corrected chi connectivity index (χ4v) is 5.77. The number of ether oxygens (including phenoxy) is 1. The Morgan fingerprint density at radius 1 is 1.15 bits per heavy atom. The lowest BCUT2D eigenvalue weighted by Crippen LogP contribution is -2.33. The number of thioether (sulfide) groups is 1. The normalized spacial score (nSPS) is 15.7. The average molecular weight is 483 g/mol. The van der Waals surface area contributed by atoms with Crippen molar-refractivity contribution in [3.8, 4) is 11.4 Å². The van der Waals surface area contributed by atoms with Crippen LogP contribution in [0.25, 0.3) is 15.9 Å². The van der Waals surface area contributed by atoms with Gasteiger partial charge in [0.05, 0.1) is 24.4 Å². The molecule has 33 heavy (non-hydrogen) atoms. The van der Waals surface area contributed by atoms with Crippen LogP contribution in [0.1, 0.15) is 43.9 Å². The van der Waals surface area contributed by atoms with Gasteiger partial charge in [0.15, 0.2) is 11.0 Å². The van der Waals surface area contributed by atoms with E-state index < -0.39 is 0 Å². The van der Waals surface area contributed by atoms with Crippen LogP contribution >= 0.6 is 23.1 Å². The maximum atomic E-state index is 12.3. The maximum Gasteiger partial charge on any atom is 0.268 e. The van der Waals surface area contributed by atoms with Gasteiger partial charge in [-0.05, 0) is 68.6 Å². The number of hydrogen-bond donors (Lipinski definition) is 1. The summed E-state index contributed by atoms with van der Waals surface area (Å²) >= 11 is 2.93. The predicted molar refractivity (Wildman–Crippen MR) is 132 cm³/mol. The van der Waals surface area contributed by atoms with Crippen LogP contribution in [0, 0.1) is 0 Å². The first-order valence-electron chi connectivity index (χ1n) is 11.1. The van der Waals surface area contributed by atoms with Crippen LogP contribution in [0.2, 0.25) is 0 Å². The smallest absolute Gasteiger partial charge is 0.268 e. The number of likely N-dealkylation sites (tertiary alicyclic amines) is 1. The lowest BCUT2D eigenvalue weighted by atomic mass is 10.1. The van der Waals surface area contributed by atoms with Gasteiger partial charge >= 0.3 is 0 Å². The molecule has 0 spiro atoms. The summed E-state index contributed by atoms with van der Waals surface area (Å²) in [6, 6.07) is 9.97. The third kappa shape index (κ3) is 4.55. The van der Waals surface area contributed by atoms with Crippen molar-refractivity contribution in [2.45, 2.75) is 43.1 Å². The Kier molecular flexibility index (Phi) is 6.48. The monoisotopic (exact) mass is 482 g/mol. The molecule has 0 bridgehead atoms. The molecule has 1 fully saturated rings. The van der Waals surface area contributed by atoms with E-state index in [1.807, 2.05) is 35.7 Å². The van der Waals surface area contributed by atoms with E-state index in [2.05, 4.69) is 36.6 Å². The number of nitrogens with zero attached hydrogens (tertiary/aromatic N) is 5. The molecule has 8 nitrogen and oxygen atoms in total. The summed E-state index contributed by atoms with van der Waals surface area (Å²) in [5.74, 6) is 2.84. The number of aromatic nitrogens is 5. The largest absolute Gasteiger partial charge is 0.497 e. The Bertz CT molecular complexity index is 1290. The van der Waals surface area contributed by atoms with E-state index in [0.717, 1.165) is 41.0 Å². The molecule has 1 saturated heterocycles. The molecule has 5 rings (SSSR count). The number of thiophene rings is 1. The summed E-state index contributed by atoms with van der Waals surface area (Å²) in [5.41, 5.74) is 1.62. The predicted octanol–water partition coefficient (Wildman–Crippen LogP) is 4.41. The number of rotatable bonds is 7. The van der Waals surface area contributed by atoms with E-state index in [0.29, 0.717) is 16.3 Å². The molecule has 4 heterocycles. The minimum absolute atomic E-state index is 0.0957. The van der Waals surface area contributed by atoms with Crippen LogP contribution in [-0.4, -0.2) is 49.8 Å². The molecule has 1 aliphatic heterocycles. The fraction of sp³-hybridized carbons (Fsp3) is 0.391. The number of piperidine rings is 1. The van der Waals surface area contributed by atoms with Gasteiger partial charge in [0.1, 0.15) is 16.3 Å². The highest BCUT2D eigenvalue weighted by atomic mass is 32.2. The number of fused-ring (bicyclic) bond motifs is 1. The first-order chi connectivity index (χ1) is 16.1. The van der Waals surface area contributed by atoms with Crippen molar-refractivity contribution in [1.29, 1.82) is 0 Å². The number of aromatic amines is 1. The topological polar surface area (TPSA) is 88.9 Å². The molecular formula is C23H26N6O2S2. The van der Waals surface area contributed by atoms with Crippen LogP contribution in [0.15, 0.2) is 45.7 Å². The Morgan fingerprint density at radius 2 is 1.94 bits per heavy atom. The van der Waals surface area contributed by atoms with E-state index >= 15 is 0 Å². The van der Waals surface area contributed by atoms with Gasteiger partial charge in [0.2, 0.25) is 0 Å². The van der Waals surface area contributed by atoms with Crippen molar-refractivity contribution in [3.05, 3.63) is 57.7 Å². The molecule has 0 saturated carbocycles. The van der Waals surface area contributed by atoms with Gasteiger partial charge in [-0.1, -0.05) is 18.2 Å². The van der Waals surface area contributed by atoms with Crippen molar-refractivity contribution in [1.82, 2.24) is 29.6 Å². The summed E-state index contributed by atoms with van der Waals surface area (Å²) in [5, 5.41) is 11.8. The molecular weight excluding hydrogens is 456 g/mol. The summed E-state index contributed by atoms with van der Waals surface area (Å²) in [4.78, 5) is 22.3. The quantitative estimate of drug-likeness (QED) is 0.390.